The molecule has 0 atom stereocenters. The van der Waals surface area contributed by atoms with Gasteiger partial charge in [0.1, 0.15) is 0 Å². The van der Waals surface area contributed by atoms with Gasteiger partial charge in [0.25, 0.3) is 0 Å². The first kappa shape index (κ1) is 16.6. The Morgan fingerprint density at radius 3 is 2.10 bits per heavy atom. The largest absolute Gasteiger partial charge is 0.409 e. The molecule has 0 aliphatic rings. The van der Waals surface area contributed by atoms with Gasteiger partial charge in [-0.25, -0.2) is 0 Å². The number of amides is 1. The lowest BCUT2D eigenvalue weighted by Gasteiger charge is -2.22. The van der Waals surface area contributed by atoms with Crippen LogP contribution in [0.15, 0.2) is 18.2 Å². The van der Waals surface area contributed by atoms with Gasteiger partial charge in [-0.3, -0.25) is 4.79 Å². The van der Waals surface area contributed by atoms with Crippen LogP contribution in [0.5, 0.6) is 0 Å². The number of alkyl halides is 6. The summed E-state index contributed by atoms with van der Waals surface area (Å²) < 4.78 is 74.0. The van der Waals surface area contributed by atoms with Gasteiger partial charge in [-0.2, -0.15) is 31.6 Å². The second kappa shape index (κ2) is 5.51. The van der Waals surface area contributed by atoms with Crippen LogP contribution in [0.2, 0.25) is 0 Å². The van der Waals surface area contributed by atoms with Crippen molar-refractivity contribution in [3.05, 3.63) is 23.8 Å². The summed E-state index contributed by atoms with van der Waals surface area (Å²) in [6, 6.07) is 4.70. The van der Waals surface area contributed by atoms with Crippen molar-refractivity contribution < 1.29 is 31.1 Å². The van der Waals surface area contributed by atoms with Gasteiger partial charge in [-0.1, -0.05) is 0 Å². The Bertz CT molecular complexity index is 573. The number of benzene rings is 1. The molecule has 1 amide bonds. The maximum atomic E-state index is 12.3. The Labute approximate surface area is 114 Å². The van der Waals surface area contributed by atoms with Crippen molar-refractivity contribution in [1.82, 2.24) is 0 Å². The zero-order valence-electron chi connectivity index (χ0n) is 10.0. The number of hydrogen-bond donors (Lipinski definition) is 2. The highest BCUT2D eigenvalue weighted by molar-refractivity contribution is 5.96. The maximum Gasteiger partial charge on any atom is 0.409 e. The Morgan fingerprint density at radius 1 is 1.19 bits per heavy atom. The van der Waals surface area contributed by atoms with Crippen molar-refractivity contribution in [1.29, 1.82) is 5.26 Å². The average molecular weight is 311 g/mol. The number of nitrogens with one attached hydrogen (secondary N) is 1. The summed E-state index contributed by atoms with van der Waals surface area (Å²) in [6.45, 7) is 0. The second-order valence-corrected chi connectivity index (χ2v) is 3.92. The Hall–Kier alpha value is -2.44. The lowest BCUT2D eigenvalue weighted by Crippen LogP contribution is -2.45. The van der Waals surface area contributed by atoms with E-state index in [0.717, 1.165) is 18.2 Å². The molecule has 3 N–H and O–H groups in total. The average Bonchev–Trinajstić information content (AvgIpc) is 2.27. The Balaban J connectivity index is 3.07. The van der Waals surface area contributed by atoms with Crippen molar-refractivity contribution in [3.63, 3.8) is 0 Å². The summed E-state index contributed by atoms with van der Waals surface area (Å²) in [4.78, 5) is 11.2. The molecule has 21 heavy (non-hydrogen) atoms. The molecule has 0 aromatic heterocycles. The minimum Gasteiger partial charge on any atom is -0.397 e. The quantitative estimate of drug-likeness (QED) is 0.651. The molecular formula is C11H7F6N3O. The lowest BCUT2D eigenvalue weighted by atomic mass is 10.1. The van der Waals surface area contributed by atoms with Crippen LogP contribution in [0.25, 0.3) is 0 Å². The van der Waals surface area contributed by atoms with Crippen molar-refractivity contribution >= 4 is 17.3 Å². The van der Waals surface area contributed by atoms with E-state index in [4.69, 9.17) is 11.0 Å². The molecular weight excluding hydrogens is 304 g/mol. The van der Waals surface area contributed by atoms with Crippen LogP contribution in [-0.2, 0) is 4.79 Å². The SMILES string of the molecule is N#Cc1ccc(NC(=O)C(C(F)(F)F)C(F)(F)F)c(N)c1. The molecule has 0 fully saturated rings. The van der Waals surface area contributed by atoms with E-state index in [-0.39, 0.29) is 11.3 Å². The summed E-state index contributed by atoms with van der Waals surface area (Å²) in [6.07, 6.45) is -11.6. The highest BCUT2D eigenvalue weighted by Crippen LogP contribution is 2.40. The van der Waals surface area contributed by atoms with Crippen LogP contribution < -0.4 is 11.1 Å². The number of nitriles is 1. The molecule has 1 aromatic carbocycles. The molecule has 10 heteroatoms. The zero-order valence-corrected chi connectivity index (χ0v) is 10.0. The van der Waals surface area contributed by atoms with E-state index in [2.05, 4.69) is 0 Å². The van der Waals surface area contributed by atoms with Gasteiger partial charge in [-0.15, -0.1) is 0 Å². The number of nitrogens with two attached hydrogens (primary N) is 1. The number of anilines is 2. The Morgan fingerprint density at radius 2 is 1.71 bits per heavy atom. The predicted octanol–water partition coefficient (Wildman–Crippen LogP) is 2.82. The summed E-state index contributed by atoms with van der Waals surface area (Å²) >= 11 is 0. The number of nitrogens with zero attached hydrogens (tertiary/aromatic N) is 1. The number of carbonyl (C=O) groups excluding carboxylic acids is 1. The zero-order chi connectivity index (χ0) is 16.4. The first-order chi connectivity index (χ1) is 9.46. The molecule has 1 rings (SSSR count). The maximum absolute atomic E-state index is 12.3. The Kier molecular flexibility index (Phi) is 4.36. The van der Waals surface area contributed by atoms with Crippen molar-refractivity contribution in [2.24, 2.45) is 5.92 Å². The van der Waals surface area contributed by atoms with E-state index in [1.165, 1.54) is 5.32 Å². The molecule has 0 bridgehead atoms. The summed E-state index contributed by atoms with van der Waals surface area (Å²) in [5.74, 6) is -6.47. The van der Waals surface area contributed by atoms with E-state index in [1.807, 2.05) is 0 Å². The van der Waals surface area contributed by atoms with Crippen LogP contribution in [0.1, 0.15) is 5.56 Å². The smallest absolute Gasteiger partial charge is 0.397 e. The molecule has 0 radical (unpaired) electrons. The van der Waals surface area contributed by atoms with Gasteiger partial charge in [0.15, 0.2) is 0 Å². The molecule has 0 saturated carbocycles. The first-order valence-corrected chi connectivity index (χ1v) is 5.20. The number of rotatable bonds is 2. The molecule has 0 spiro atoms. The highest BCUT2D eigenvalue weighted by atomic mass is 19.4. The fraction of sp³-hybridized carbons (Fsp3) is 0.273. The summed E-state index contributed by atoms with van der Waals surface area (Å²) in [5.41, 5.74) is 4.60. The minimum absolute atomic E-state index is 0.0358. The number of nitrogen functional groups attached to an aromatic ring is 1. The van der Waals surface area contributed by atoms with Gasteiger partial charge in [-0.05, 0) is 18.2 Å². The molecule has 0 aliphatic carbocycles. The third-order valence-corrected chi connectivity index (χ3v) is 2.36. The molecule has 0 heterocycles. The van der Waals surface area contributed by atoms with Crippen molar-refractivity contribution in [2.75, 3.05) is 11.1 Å². The topological polar surface area (TPSA) is 78.9 Å². The highest BCUT2D eigenvalue weighted by Gasteiger charge is 2.61. The summed E-state index contributed by atoms with van der Waals surface area (Å²) in [7, 11) is 0. The minimum atomic E-state index is -5.79. The second-order valence-electron chi connectivity index (χ2n) is 3.92. The number of halogens is 6. The number of carbonyl (C=O) groups is 1. The molecule has 0 unspecified atom stereocenters. The standard InChI is InChI=1S/C11H7F6N3O/c12-10(13,14)8(11(15,16)17)9(21)20-7-2-1-5(4-18)3-6(7)19/h1-3,8H,19H2,(H,20,21). The van der Waals surface area contributed by atoms with Gasteiger partial charge in [0.05, 0.1) is 23.0 Å². The fourth-order valence-corrected chi connectivity index (χ4v) is 1.43. The van der Waals surface area contributed by atoms with E-state index in [9.17, 15) is 31.1 Å². The van der Waals surface area contributed by atoms with Crippen LogP contribution in [0, 0.1) is 17.2 Å². The first-order valence-electron chi connectivity index (χ1n) is 5.20. The van der Waals surface area contributed by atoms with Gasteiger partial charge < -0.3 is 11.1 Å². The molecule has 0 saturated heterocycles. The monoisotopic (exact) mass is 311 g/mol. The normalized spacial score (nSPS) is 12.1. The third kappa shape index (κ3) is 4.01. The van der Waals surface area contributed by atoms with E-state index in [0.29, 0.717) is 0 Å². The predicted molar refractivity (Wildman–Crippen MR) is 59.8 cm³/mol. The fourth-order valence-electron chi connectivity index (χ4n) is 1.43. The molecule has 0 aliphatic heterocycles. The van der Waals surface area contributed by atoms with Gasteiger partial charge >= 0.3 is 12.4 Å². The van der Waals surface area contributed by atoms with Gasteiger partial charge in [0, 0.05) is 0 Å². The van der Waals surface area contributed by atoms with Crippen molar-refractivity contribution in [3.8, 4) is 6.07 Å². The van der Waals surface area contributed by atoms with Gasteiger partial charge in [0.2, 0.25) is 11.8 Å². The lowest BCUT2D eigenvalue weighted by molar-refractivity contribution is -0.272. The van der Waals surface area contributed by atoms with E-state index >= 15 is 0 Å². The number of hydrogen-bond acceptors (Lipinski definition) is 3. The van der Waals surface area contributed by atoms with E-state index in [1.54, 1.807) is 6.07 Å². The van der Waals surface area contributed by atoms with E-state index < -0.39 is 29.9 Å². The van der Waals surface area contributed by atoms with Crippen LogP contribution >= 0.6 is 0 Å². The van der Waals surface area contributed by atoms with Crippen LogP contribution in [-0.4, -0.2) is 18.3 Å². The summed E-state index contributed by atoms with van der Waals surface area (Å²) in [5, 5.41) is 10.0. The van der Waals surface area contributed by atoms with Crippen LogP contribution in [0.4, 0.5) is 37.7 Å². The molecule has 114 valence electrons. The molecule has 1 aromatic rings. The molecule has 4 nitrogen and oxygen atoms in total. The van der Waals surface area contributed by atoms with Crippen molar-refractivity contribution in [2.45, 2.75) is 12.4 Å². The van der Waals surface area contributed by atoms with Crippen LogP contribution in [0.3, 0.4) is 0 Å². The third-order valence-electron chi connectivity index (χ3n) is 2.36.